The van der Waals surface area contributed by atoms with Crippen LogP contribution in [0.2, 0.25) is 0 Å². The molecule has 1 aliphatic heterocycles. The van der Waals surface area contributed by atoms with Gasteiger partial charge < -0.3 is 19.4 Å². The van der Waals surface area contributed by atoms with E-state index in [9.17, 15) is 14.0 Å². The van der Waals surface area contributed by atoms with Gasteiger partial charge in [0.15, 0.2) is 0 Å². The van der Waals surface area contributed by atoms with Crippen molar-refractivity contribution in [2.24, 2.45) is 5.92 Å². The highest BCUT2D eigenvalue weighted by Crippen LogP contribution is 2.38. The fourth-order valence-electron chi connectivity index (χ4n) is 5.87. The minimum absolute atomic E-state index is 0.0939. The number of hydrogen-bond acceptors (Lipinski definition) is 2. The zero-order valence-corrected chi connectivity index (χ0v) is 21.6. The van der Waals surface area contributed by atoms with E-state index in [2.05, 4.69) is 19.2 Å². The van der Waals surface area contributed by atoms with Gasteiger partial charge in [-0.05, 0) is 62.4 Å². The fourth-order valence-corrected chi connectivity index (χ4v) is 5.87. The summed E-state index contributed by atoms with van der Waals surface area (Å²) < 4.78 is 18.2. The third-order valence-corrected chi connectivity index (χ3v) is 7.98. The van der Waals surface area contributed by atoms with Gasteiger partial charge in [-0.15, -0.1) is 0 Å². The van der Waals surface area contributed by atoms with Crippen molar-refractivity contribution in [3.63, 3.8) is 0 Å². The molecule has 1 saturated carbocycles. The summed E-state index contributed by atoms with van der Waals surface area (Å²) in [5.41, 5.74) is 0.899. The lowest BCUT2D eigenvalue weighted by atomic mass is 9.92. The first kappa shape index (κ1) is 24.6. The van der Waals surface area contributed by atoms with E-state index in [4.69, 9.17) is 0 Å². The monoisotopic (exact) mass is 492 g/mol. The summed E-state index contributed by atoms with van der Waals surface area (Å²) in [6.07, 6.45) is 11.2. The van der Waals surface area contributed by atoms with E-state index in [0.29, 0.717) is 35.8 Å². The van der Waals surface area contributed by atoms with Crippen molar-refractivity contribution in [2.75, 3.05) is 6.54 Å². The van der Waals surface area contributed by atoms with Crippen LogP contribution in [0.3, 0.4) is 0 Å². The molecule has 1 fully saturated rings. The molecule has 7 heteroatoms. The Morgan fingerprint density at radius 2 is 1.83 bits per heavy atom. The second-order valence-electron chi connectivity index (χ2n) is 11.1. The number of nitrogens with one attached hydrogen (secondary N) is 1. The number of carbonyl (C=O) groups excluding carboxylic acids is 2. The van der Waals surface area contributed by atoms with Crippen LogP contribution in [-0.2, 0) is 11.3 Å². The Morgan fingerprint density at radius 3 is 2.50 bits per heavy atom. The molecule has 192 valence electrons. The maximum absolute atomic E-state index is 14.4. The van der Waals surface area contributed by atoms with E-state index in [1.54, 1.807) is 11.0 Å². The molecule has 2 aliphatic rings. The largest absolute Gasteiger partial charge is 0.351 e. The Balaban J connectivity index is 1.62. The van der Waals surface area contributed by atoms with Crippen LogP contribution in [0.15, 0.2) is 42.7 Å². The highest BCUT2D eigenvalue weighted by Gasteiger charge is 2.49. The van der Waals surface area contributed by atoms with E-state index in [0.717, 1.165) is 37.6 Å². The molecule has 1 atom stereocenters. The Bertz CT molecular complexity index is 1250. The molecule has 2 aromatic heterocycles. The van der Waals surface area contributed by atoms with Gasteiger partial charge in [0, 0.05) is 30.4 Å². The van der Waals surface area contributed by atoms with E-state index >= 15 is 0 Å². The number of halogens is 1. The smallest absolute Gasteiger partial charge is 0.273 e. The van der Waals surface area contributed by atoms with Crippen LogP contribution < -0.4 is 5.32 Å². The minimum Gasteiger partial charge on any atom is -0.351 e. The lowest BCUT2D eigenvalue weighted by Gasteiger charge is -2.45. The van der Waals surface area contributed by atoms with Crippen molar-refractivity contribution in [2.45, 2.75) is 83.8 Å². The highest BCUT2D eigenvalue weighted by molar-refractivity contribution is 6.09. The van der Waals surface area contributed by atoms with Crippen molar-refractivity contribution in [1.82, 2.24) is 19.4 Å². The first-order valence-electron chi connectivity index (χ1n) is 13.4. The molecule has 36 heavy (non-hydrogen) atoms. The van der Waals surface area contributed by atoms with E-state index in [1.807, 2.05) is 40.6 Å². The SMILES string of the molecule is CC(C)CCN1C(=O)c2c(-n3cccc3)c3cc(F)ccc3n2CC1(C)C(=O)NC1CCCCCC1. The van der Waals surface area contributed by atoms with Crippen molar-refractivity contribution in [3.8, 4) is 5.69 Å². The molecule has 1 aromatic carbocycles. The van der Waals surface area contributed by atoms with Gasteiger partial charge in [-0.3, -0.25) is 9.59 Å². The summed E-state index contributed by atoms with van der Waals surface area (Å²) in [7, 11) is 0. The maximum atomic E-state index is 14.4. The summed E-state index contributed by atoms with van der Waals surface area (Å²) in [5.74, 6) is -0.237. The molecule has 3 aromatic rings. The first-order valence-corrected chi connectivity index (χ1v) is 13.4. The number of benzene rings is 1. The topological polar surface area (TPSA) is 59.3 Å². The third kappa shape index (κ3) is 4.33. The third-order valence-electron chi connectivity index (χ3n) is 7.98. The van der Waals surface area contributed by atoms with Crippen LogP contribution in [0.25, 0.3) is 16.6 Å². The predicted molar refractivity (Wildman–Crippen MR) is 140 cm³/mol. The predicted octanol–water partition coefficient (Wildman–Crippen LogP) is 5.67. The Hall–Kier alpha value is -3.09. The molecule has 0 radical (unpaired) electrons. The molecule has 2 amide bonds. The fraction of sp³-hybridized carbons (Fsp3) is 0.517. The number of hydrogen-bond donors (Lipinski definition) is 1. The summed E-state index contributed by atoms with van der Waals surface area (Å²) in [6, 6.07) is 8.57. The second-order valence-corrected chi connectivity index (χ2v) is 11.1. The molecule has 3 heterocycles. The van der Waals surface area contributed by atoms with Crippen molar-refractivity contribution >= 4 is 22.7 Å². The number of amides is 2. The molecular weight excluding hydrogens is 455 g/mol. The van der Waals surface area contributed by atoms with Gasteiger partial charge in [0.05, 0.1) is 17.7 Å². The van der Waals surface area contributed by atoms with Crippen LogP contribution in [0.5, 0.6) is 0 Å². The molecular formula is C29H37FN4O2. The zero-order chi connectivity index (χ0) is 25.4. The van der Waals surface area contributed by atoms with Gasteiger partial charge in [0.1, 0.15) is 17.1 Å². The standard InChI is InChI=1S/C29H37FN4O2/c1-20(2)14-17-34-27(35)26-25(32-15-8-9-16-32)23-18-21(30)12-13-24(23)33(26)19-29(34,3)28(36)31-22-10-6-4-5-7-11-22/h8-9,12-13,15-16,18,20,22H,4-7,10-11,14,17,19H2,1-3H3,(H,31,36). The average Bonchev–Trinajstić information content (AvgIpc) is 3.38. The van der Waals surface area contributed by atoms with Gasteiger partial charge in [-0.2, -0.15) is 0 Å². The number of aromatic nitrogens is 2. The number of carbonyl (C=O) groups is 2. The molecule has 5 rings (SSSR count). The average molecular weight is 493 g/mol. The van der Waals surface area contributed by atoms with Crippen LogP contribution in [0, 0.1) is 11.7 Å². The normalized spacial score (nSPS) is 21.1. The van der Waals surface area contributed by atoms with E-state index in [1.165, 1.54) is 25.0 Å². The van der Waals surface area contributed by atoms with Crippen molar-refractivity contribution < 1.29 is 14.0 Å². The van der Waals surface area contributed by atoms with Crippen molar-refractivity contribution in [1.29, 1.82) is 0 Å². The van der Waals surface area contributed by atoms with E-state index < -0.39 is 5.54 Å². The molecule has 1 N–H and O–H groups in total. The Kier molecular flexibility index (Phi) is 6.66. The number of fused-ring (bicyclic) bond motifs is 3. The minimum atomic E-state index is -1.04. The Morgan fingerprint density at radius 1 is 1.14 bits per heavy atom. The van der Waals surface area contributed by atoms with E-state index in [-0.39, 0.29) is 23.7 Å². The van der Waals surface area contributed by atoms with Crippen LogP contribution in [-0.4, -0.2) is 44.0 Å². The van der Waals surface area contributed by atoms with Gasteiger partial charge in [0.25, 0.3) is 5.91 Å². The molecule has 0 saturated heterocycles. The molecule has 0 spiro atoms. The summed E-state index contributed by atoms with van der Waals surface area (Å²) >= 11 is 0. The number of nitrogens with zero attached hydrogens (tertiary/aromatic N) is 3. The van der Waals surface area contributed by atoms with Crippen LogP contribution in [0.1, 0.15) is 76.2 Å². The summed E-state index contributed by atoms with van der Waals surface area (Å²) in [6.45, 7) is 6.97. The first-order chi connectivity index (χ1) is 17.3. The molecule has 6 nitrogen and oxygen atoms in total. The quantitative estimate of drug-likeness (QED) is 0.451. The van der Waals surface area contributed by atoms with Gasteiger partial charge in [-0.25, -0.2) is 4.39 Å². The highest BCUT2D eigenvalue weighted by atomic mass is 19.1. The van der Waals surface area contributed by atoms with Gasteiger partial charge in [-0.1, -0.05) is 39.5 Å². The Labute approximate surface area is 212 Å². The summed E-state index contributed by atoms with van der Waals surface area (Å²) in [5, 5.41) is 3.99. The van der Waals surface area contributed by atoms with Crippen LogP contribution >= 0.6 is 0 Å². The lowest BCUT2D eigenvalue weighted by molar-refractivity contribution is -0.133. The number of rotatable bonds is 6. The molecule has 1 aliphatic carbocycles. The maximum Gasteiger partial charge on any atom is 0.273 e. The van der Waals surface area contributed by atoms with Crippen LogP contribution in [0.4, 0.5) is 4.39 Å². The summed E-state index contributed by atoms with van der Waals surface area (Å²) in [4.78, 5) is 30.0. The zero-order valence-electron chi connectivity index (χ0n) is 21.6. The molecule has 1 unspecified atom stereocenters. The van der Waals surface area contributed by atoms with Gasteiger partial charge in [0.2, 0.25) is 5.91 Å². The van der Waals surface area contributed by atoms with Gasteiger partial charge >= 0.3 is 0 Å². The second kappa shape index (κ2) is 9.75. The van der Waals surface area contributed by atoms with Crippen molar-refractivity contribution in [3.05, 3.63) is 54.2 Å². The molecule has 0 bridgehead atoms. The lowest BCUT2D eigenvalue weighted by Crippen LogP contribution is -2.65.